The van der Waals surface area contributed by atoms with Crippen LogP contribution in [-0.2, 0) is 19.5 Å². The van der Waals surface area contributed by atoms with Crippen LogP contribution in [0.1, 0.15) is 37.5 Å². The molecule has 0 saturated carbocycles. The van der Waals surface area contributed by atoms with Crippen LogP contribution in [0.15, 0.2) is 24.3 Å². The van der Waals surface area contributed by atoms with Crippen molar-refractivity contribution in [1.82, 2.24) is 25.0 Å². The molecule has 1 aliphatic rings. The SMILES string of the molecule is Cc1cccc(OC[C@@H](O)CN(C(=O)NCc2nnc3n2CCC3)C(C)C)c1. The van der Waals surface area contributed by atoms with E-state index >= 15 is 0 Å². The van der Waals surface area contributed by atoms with Crippen LogP contribution < -0.4 is 10.1 Å². The number of urea groups is 1. The van der Waals surface area contributed by atoms with E-state index in [0.717, 1.165) is 36.6 Å². The maximum Gasteiger partial charge on any atom is 0.318 e. The molecule has 28 heavy (non-hydrogen) atoms. The highest BCUT2D eigenvalue weighted by Gasteiger charge is 2.22. The minimum atomic E-state index is -0.786. The zero-order chi connectivity index (χ0) is 20.1. The lowest BCUT2D eigenvalue weighted by Gasteiger charge is -2.29. The molecule has 0 radical (unpaired) electrons. The number of rotatable bonds is 8. The Kier molecular flexibility index (Phi) is 6.51. The first-order chi connectivity index (χ1) is 13.4. The van der Waals surface area contributed by atoms with E-state index in [9.17, 15) is 9.90 Å². The van der Waals surface area contributed by atoms with Crippen molar-refractivity contribution in [2.75, 3.05) is 13.2 Å². The van der Waals surface area contributed by atoms with Gasteiger partial charge in [0.2, 0.25) is 0 Å². The summed E-state index contributed by atoms with van der Waals surface area (Å²) in [6.07, 6.45) is 1.22. The van der Waals surface area contributed by atoms with E-state index in [1.165, 1.54) is 0 Å². The van der Waals surface area contributed by atoms with E-state index in [1.54, 1.807) is 4.90 Å². The molecule has 2 N–H and O–H groups in total. The fourth-order valence-electron chi connectivity index (χ4n) is 3.30. The minimum Gasteiger partial charge on any atom is -0.491 e. The van der Waals surface area contributed by atoms with Gasteiger partial charge in [0.05, 0.1) is 13.1 Å². The summed E-state index contributed by atoms with van der Waals surface area (Å²) in [5.41, 5.74) is 1.09. The van der Waals surface area contributed by atoms with Gasteiger partial charge in [0, 0.05) is 19.0 Å². The maximum atomic E-state index is 12.6. The molecule has 1 aromatic carbocycles. The summed E-state index contributed by atoms with van der Waals surface area (Å²) in [4.78, 5) is 14.2. The predicted octanol–water partition coefficient (Wildman–Crippen LogP) is 1.89. The van der Waals surface area contributed by atoms with Gasteiger partial charge < -0.3 is 24.6 Å². The van der Waals surface area contributed by atoms with Gasteiger partial charge in [-0.1, -0.05) is 12.1 Å². The highest BCUT2D eigenvalue weighted by Crippen LogP contribution is 2.14. The van der Waals surface area contributed by atoms with Crippen molar-refractivity contribution < 1.29 is 14.6 Å². The lowest BCUT2D eigenvalue weighted by molar-refractivity contribution is 0.0688. The van der Waals surface area contributed by atoms with Crippen LogP contribution >= 0.6 is 0 Å². The van der Waals surface area contributed by atoms with Gasteiger partial charge in [-0.05, 0) is 44.9 Å². The molecule has 8 nitrogen and oxygen atoms in total. The number of aromatic nitrogens is 3. The minimum absolute atomic E-state index is 0.0577. The van der Waals surface area contributed by atoms with Crippen LogP contribution in [0.4, 0.5) is 4.79 Å². The molecule has 2 amide bonds. The molecule has 0 bridgehead atoms. The van der Waals surface area contributed by atoms with E-state index < -0.39 is 6.10 Å². The second-order valence-electron chi connectivity index (χ2n) is 7.47. The van der Waals surface area contributed by atoms with Gasteiger partial charge in [-0.25, -0.2) is 4.79 Å². The van der Waals surface area contributed by atoms with Gasteiger partial charge in [-0.2, -0.15) is 0 Å². The number of aliphatic hydroxyl groups excluding tert-OH is 1. The average Bonchev–Trinajstić information content (AvgIpc) is 3.26. The monoisotopic (exact) mass is 387 g/mol. The molecule has 0 aliphatic carbocycles. The molecule has 8 heteroatoms. The summed E-state index contributed by atoms with van der Waals surface area (Å²) >= 11 is 0. The van der Waals surface area contributed by atoms with Gasteiger partial charge in [-0.3, -0.25) is 0 Å². The number of hydrogen-bond acceptors (Lipinski definition) is 5. The highest BCUT2D eigenvalue weighted by molar-refractivity contribution is 5.74. The molecule has 0 unspecified atom stereocenters. The fraction of sp³-hybridized carbons (Fsp3) is 0.550. The Hall–Kier alpha value is -2.61. The molecule has 2 aromatic rings. The summed E-state index contributed by atoms with van der Waals surface area (Å²) in [7, 11) is 0. The Morgan fingerprint density at radius 1 is 1.39 bits per heavy atom. The van der Waals surface area contributed by atoms with E-state index in [1.807, 2.05) is 45.0 Å². The van der Waals surface area contributed by atoms with Crippen molar-refractivity contribution in [1.29, 1.82) is 0 Å². The van der Waals surface area contributed by atoms with Crippen molar-refractivity contribution in [3.8, 4) is 5.75 Å². The maximum absolute atomic E-state index is 12.6. The summed E-state index contributed by atoms with van der Waals surface area (Å²) in [5, 5.41) is 21.6. The van der Waals surface area contributed by atoms with Crippen molar-refractivity contribution >= 4 is 6.03 Å². The summed E-state index contributed by atoms with van der Waals surface area (Å²) in [5.74, 6) is 2.46. The second-order valence-corrected chi connectivity index (χ2v) is 7.47. The lowest BCUT2D eigenvalue weighted by Crippen LogP contribution is -2.48. The van der Waals surface area contributed by atoms with E-state index in [2.05, 4.69) is 20.1 Å². The molecule has 0 spiro atoms. The Bertz CT molecular complexity index is 805. The quantitative estimate of drug-likeness (QED) is 0.722. The van der Waals surface area contributed by atoms with Gasteiger partial charge in [0.15, 0.2) is 5.82 Å². The molecule has 1 aromatic heterocycles. The normalized spacial score (nSPS) is 14.0. The van der Waals surface area contributed by atoms with Crippen molar-refractivity contribution in [2.45, 2.75) is 58.8 Å². The number of hydrogen-bond donors (Lipinski definition) is 2. The van der Waals surface area contributed by atoms with Crippen LogP contribution in [0, 0.1) is 6.92 Å². The molecular formula is C20H29N5O3. The van der Waals surface area contributed by atoms with E-state index in [0.29, 0.717) is 12.3 Å². The van der Waals surface area contributed by atoms with E-state index in [-0.39, 0.29) is 25.2 Å². The largest absolute Gasteiger partial charge is 0.491 e. The van der Waals surface area contributed by atoms with Crippen LogP contribution in [0.3, 0.4) is 0 Å². The molecule has 1 atom stereocenters. The number of amides is 2. The third kappa shape index (κ3) is 5.01. The third-order valence-electron chi connectivity index (χ3n) is 4.81. The lowest BCUT2D eigenvalue weighted by atomic mass is 10.2. The average molecular weight is 387 g/mol. The molecule has 1 aliphatic heterocycles. The summed E-state index contributed by atoms with van der Waals surface area (Å²) in [6.45, 7) is 7.36. The van der Waals surface area contributed by atoms with Crippen molar-refractivity contribution in [2.24, 2.45) is 0 Å². The molecule has 0 saturated heterocycles. The van der Waals surface area contributed by atoms with Gasteiger partial charge in [-0.15, -0.1) is 10.2 Å². The number of ether oxygens (including phenoxy) is 1. The fourth-order valence-corrected chi connectivity index (χ4v) is 3.30. The summed E-state index contributed by atoms with van der Waals surface area (Å²) < 4.78 is 7.71. The summed E-state index contributed by atoms with van der Waals surface area (Å²) in [6, 6.07) is 7.36. The molecule has 3 rings (SSSR count). The van der Waals surface area contributed by atoms with Crippen LogP contribution in [-0.4, -0.2) is 56.1 Å². The number of carbonyl (C=O) groups excluding carboxylic acids is 1. The Morgan fingerprint density at radius 2 is 2.21 bits per heavy atom. The zero-order valence-electron chi connectivity index (χ0n) is 16.8. The van der Waals surface area contributed by atoms with Gasteiger partial charge >= 0.3 is 6.03 Å². The van der Waals surface area contributed by atoms with E-state index in [4.69, 9.17) is 4.74 Å². The van der Waals surface area contributed by atoms with Gasteiger partial charge in [0.25, 0.3) is 0 Å². The number of nitrogens with one attached hydrogen (secondary N) is 1. The van der Waals surface area contributed by atoms with Gasteiger partial charge in [0.1, 0.15) is 24.3 Å². The molecule has 152 valence electrons. The van der Waals surface area contributed by atoms with Crippen LogP contribution in [0.5, 0.6) is 5.75 Å². The topological polar surface area (TPSA) is 92.5 Å². The number of carbonyl (C=O) groups is 1. The van der Waals surface area contributed by atoms with Crippen molar-refractivity contribution in [3.63, 3.8) is 0 Å². The van der Waals surface area contributed by atoms with Crippen LogP contribution in [0.25, 0.3) is 0 Å². The Morgan fingerprint density at radius 3 is 2.96 bits per heavy atom. The van der Waals surface area contributed by atoms with Crippen LogP contribution in [0.2, 0.25) is 0 Å². The Labute approximate surface area is 165 Å². The number of aliphatic hydroxyl groups is 1. The Balaban J connectivity index is 1.50. The number of benzene rings is 1. The smallest absolute Gasteiger partial charge is 0.318 e. The number of fused-ring (bicyclic) bond motifs is 1. The predicted molar refractivity (Wildman–Crippen MR) is 105 cm³/mol. The number of aryl methyl sites for hydroxylation is 2. The molecular weight excluding hydrogens is 358 g/mol. The molecule has 2 heterocycles. The highest BCUT2D eigenvalue weighted by atomic mass is 16.5. The first-order valence-corrected chi connectivity index (χ1v) is 9.77. The number of nitrogens with zero attached hydrogens (tertiary/aromatic N) is 4. The standard InChI is InChI=1S/C20H29N5O3/c1-14(2)25(12-16(26)13-28-17-7-4-6-15(3)10-17)20(27)21-11-19-23-22-18-8-5-9-24(18)19/h4,6-7,10,14,16,26H,5,8-9,11-13H2,1-3H3,(H,21,27)/t16-/m0/s1. The third-order valence-corrected chi connectivity index (χ3v) is 4.81. The second kappa shape index (κ2) is 9.05. The molecule has 0 fully saturated rings. The first kappa shape index (κ1) is 20.1. The zero-order valence-corrected chi connectivity index (χ0v) is 16.8. The van der Waals surface area contributed by atoms with Crippen molar-refractivity contribution in [3.05, 3.63) is 41.5 Å². The first-order valence-electron chi connectivity index (χ1n) is 9.77.